The van der Waals surface area contributed by atoms with Crippen molar-refractivity contribution in [2.45, 2.75) is 32.4 Å². The van der Waals surface area contributed by atoms with Crippen LogP contribution in [-0.4, -0.2) is 23.1 Å². The summed E-state index contributed by atoms with van der Waals surface area (Å²) in [7, 11) is 0. The predicted octanol–water partition coefficient (Wildman–Crippen LogP) is 2.50. The lowest BCUT2D eigenvalue weighted by molar-refractivity contribution is -0.139. The molecule has 1 aromatic carbocycles. The van der Waals surface area contributed by atoms with Gasteiger partial charge in [0.15, 0.2) is 0 Å². The molecule has 0 saturated heterocycles. The summed E-state index contributed by atoms with van der Waals surface area (Å²) in [6.07, 6.45) is 1.11. The summed E-state index contributed by atoms with van der Waals surface area (Å²) in [4.78, 5) is 22.5. The van der Waals surface area contributed by atoms with Crippen LogP contribution in [0, 0.1) is 0 Å². The van der Waals surface area contributed by atoms with E-state index in [1.165, 1.54) is 0 Å². The number of hydrogen-bond acceptors (Lipinski definition) is 2. The van der Waals surface area contributed by atoms with Crippen molar-refractivity contribution in [1.82, 2.24) is 10.6 Å². The second kappa shape index (κ2) is 7.78. The van der Waals surface area contributed by atoms with Gasteiger partial charge in [0, 0.05) is 11.0 Å². The first-order valence-corrected chi connectivity index (χ1v) is 6.84. The predicted molar refractivity (Wildman–Crippen MR) is 75.8 cm³/mol. The van der Waals surface area contributed by atoms with Crippen molar-refractivity contribution in [3.8, 4) is 0 Å². The van der Waals surface area contributed by atoms with Gasteiger partial charge in [-0.1, -0.05) is 41.4 Å². The minimum Gasteiger partial charge on any atom is -0.480 e. The number of carboxylic acids is 1. The summed E-state index contributed by atoms with van der Waals surface area (Å²) in [6.45, 7) is 2.22. The van der Waals surface area contributed by atoms with E-state index in [-0.39, 0.29) is 0 Å². The largest absolute Gasteiger partial charge is 0.480 e. The molecular weight excluding hydrogens is 312 g/mol. The van der Waals surface area contributed by atoms with E-state index in [1.54, 1.807) is 0 Å². The first kappa shape index (κ1) is 15.5. The third-order valence-electron chi connectivity index (χ3n) is 2.52. The maximum atomic E-state index is 11.6. The molecule has 0 aliphatic carbocycles. The van der Waals surface area contributed by atoms with Gasteiger partial charge in [0.2, 0.25) is 0 Å². The van der Waals surface area contributed by atoms with Gasteiger partial charge in [0.1, 0.15) is 6.04 Å². The molecule has 0 spiro atoms. The second-order valence-corrected chi connectivity index (χ2v) is 5.05. The van der Waals surface area contributed by atoms with Gasteiger partial charge < -0.3 is 15.7 Å². The zero-order chi connectivity index (χ0) is 14.3. The van der Waals surface area contributed by atoms with Crippen LogP contribution in [0.5, 0.6) is 0 Å². The summed E-state index contributed by atoms with van der Waals surface area (Å²) >= 11 is 3.34. The number of halogens is 1. The molecule has 5 nitrogen and oxygen atoms in total. The Morgan fingerprint density at radius 1 is 1.42 bits per heavy atom. The van der Waals surface area contributed by atoms with E-state index >= 15 is 0 Å². The quantitative estimate of drug-likeness (QED) is 0.750. The molecule has 6 heteroatoms. The van der Waals surface area contributed by atoms with Crippen molar-refractivity contribution in [2.75, 3.05) is 0 Å². The Balaban J connectivity index is 2.44. The van der Waals surface area contributed by atoms with Crippen LogP contribution in [0.1, 0.15) is 25.3 Å². The molecule has 1 aromatic rings. The first-order valence-electron chi connectivity index (χ1n) is 6.04. The number of amides is 2. The number of carboxylic acid groups (broad SMARTS) is 1. The summed E-state index contributed by atoms with van der Waals surface area (Å²) in [5, 5.41) is 14.0. The maximum Gasteiger partial charge on any atom is 0.326 e. The molecule has 1 unspecified atom stereocenters. The van der Waals surface area contributed by atoms with Gasteiger partial charge in [0.05, 0.1) is 0 Å². The Labute approximate surface area is 120 Å². The van der Waals surface area contributed by atoms with Gasteiger partial charge in [-0.15, -0.1) is 0 Å². The molecule has 0 aromatic heterocycles. The van der Waals surface area contributed by atoms with Gasteiger partial charge in [-0.3, -0.25) is 0 Å². The highest BCUT2D eigenvalue weighted by Crippen LogP contribution is 2.11. The van der Waals surface area contributed by atoms with Crippen molar-refractivity contribution in [2.24, 2.45) is 0 Å². The van der Waals surface area contributed by atoms with Crippen molar-refractivity contribution in [1.29, 1.82) is 0 Å². The van der Waals surface area contributed by atoms with Crippen LogP contribution in [0.15, 0.2) is 28.7 Å². The van der Waals surface area contributed by atoms with E-state index in [4.69, 9.17) is 5.11 Å². The molecule has 19 heavy (non-hydrogen) atoms. The Kier molecular flexibility index (Phi) is 6.35. The third-order valence-corrected chi connectivity index (χ3v) is 3.02. The number of aliphatic carboxylic acids is 1. The maximum absolute atomic E-state index is 11.6. The zero-order valence-corrected chi connectivity index (χ0v) is 12.2. The van der Waals surface area contributed by atoms with Crippen molar-refractivity contribution in [3.05, 3.63) is 34.3 Å². The van der Waals surface area contributed by atoms with Crippen molar-refractivity contribution >= 4 is 27.9 Å². The van der Waals surface area contributed by atoms with Gasteiger partial charge in [-0.05, 0) is 24.1 Å². The Bertz CT molecular complexity index is 451. The fraction of sp³-hybridized carbons (Fsp3) is 0.385. The number of benzene rings is 1. The van der Waals surface area contributed by atoms with Crippen LogP contribution in [0.3, 0.4) is 0 Å². The molecule has 0 aliphatic rings. The fourth-order valence-electron chi connectivity index (χ4n) is 1.58. The van der Waals surface area contributed by atoms with Crippen LogP contribution >= 0.6 is 15.9 Å². The van der Waals surface area contributed by atoms with Crippen LogP contribution in [0.4, 0.5) is 4.79 Å². The SMILES string of the molecule is CCCC(NC(=O)NCc1cccc(Br)c1)C(=O)O. The number of urea groups is 1. The number of nitrogens with one attached hydrogen (secondary N) is 2. The normalized spacial score (nSPS) is 11.7. The second-order valence-electron chi connectivity index (χ2n) is 4.14. The van der Waals surface area contributed by atoms with Crippen LogP contribution < -0.4 is 10.6 Å². The van der Waals surface area contributed by atoms with E-state index in [0.29, 0.717) is 19.4 Å². The molecule has 2 amide bonds. The molecule has 0 aliphatic heterocycles. The minimum absolute atomic E-state index is 0.351. The van der Waals surface area contributed by atoms with Crippen LogP contribution in [-0.2, 0) is 11.3 Å². The van der Waals surface area contributed by atoms with Gasteiger partial charge in [-0.2, -0.15) is 0 Å². The van der Waals surface area contributed by atoms with Crippen molar-refractivity contribution in [3.63, 3.8) is 0 Å². The highest BCUT2D eigenvalue weighted by molar-refractivity contribution is 9.10. The molecule has 0 bridgehead atoms. The fourth-order valence-corrected chi connectivity index (χ4v) is 2.03. The summed E-state index contributed by atoms with van der Waals surface area (Å²) in [5.74, 6) is -1.01. The average molecular weight is 329 g/mol. The Morgan fingerprint density at radius 2 is 2.16 bits per heavy atom. The summed E-state index contributed by atoms with van der Waals surface area (Å²) in [6, 6.07) is 6.22. The summed E-state index contributed by atoms with van der Waals surface area (Å²) in [5.41, 5.74) is 0.937. The van der Waals surface area contributed by atoms with E-state index < -0.39 is 18.0 Å². The highest BCUT2D eigenvalue weighted by atomic mass is 79.9. The molecule has 3 N–H and O–H groups in total. The molecule has 0 fully saturated rings. The lowest BCUT2D eigenvalue weighted by atomic mass is 10.2. The van der Waals surface area contributed by atoms with E-state index in [9.17, 15) is 9.59 Å². The lowest BCUT2D eigenvalue weighted by Crippen LogP contribution is -2.45. The summed E-state index contributed by atoms with van der Waals surface area (Å²) < 4.78 is 0.932. The van der Waals surface area contributed by atoms with E-state index in [0.717, 1.165) is 10.0 Å². The molecule has 0 radical (unpaired) electrons. The first-order chi connectivity index (χ1) is 9.02. The molecule has 104 valence electrons. The molecule has 1 atom stereocenters. The number of carbonyl (C=O) groups excluding carboxylic acids is 1. The van der Waals surface area contributed by atoms with Gasteiger partial charge >= 0.3 is 12.0 Å². The standard InChI is InChI=1S/C13H17BrN2O3/c1-2-4-11(12(17)18)16-13(19)15-8-9-5-3-6-10(14)7-9/h3,5-7,11H,2,4,8H2,1H3,(H,17,18)(H2,15,16,19). The molecular formula is C13H17BrN2O3. The molecule has 0 saturated carbocycles. The van der Waals surface area contributed by atoms with Crippen LogP contribution in [0.25, 0.3) is 0 Å². The Morgan fingerprint density at radius 3 is 2.74 bits per heavy atom. The zero-order valence-electron chi connectivity index (χ0n) is 10.6. The van der Waals surface area contributed by atoms with Gasteiger partial charge in [0.25, 0.3) is 0 Å². The van der Waals surface area contributed by atoms with Crippen molar-refractivity contribution < 1.29 is 14.7 Å². The minimum atomic E-state index is -1.01. The Hall–Kier alpha value is -1.56. The lowest BCUT2D eigenvalue weighted by Gasteiger charge is -2.14. The molecule has 0 heterocycles. The highest BCUT2D eigenvalue weighted by Gasteiger charge is 2.18. The van der Waals surface area contributed by atoms with E-state index in [1.807, 2.05) is 31.2 Å². The smallest absolute Gasteiger partial charge is 0.326 e. The van der Waals surface area contributed by atoms with E-state index in [2.05, 4.69) is 26.6 Å². The third kappa shape index (κ3) is 5.74. The number of rotatable bonds is 6. The number of carbonyl (C=O) groups is 2. The van der Waals surface area contributed by atoms with Gasteiger partial charge in [-0.25, -0.2) is 9.59 Å². The number of hydrogen-bond donors (Lipinski definition) is 3. The van der Waals surface area contributed by atoms with Crippen LogP contribution in [0.2, 0.25) is 0 Å². The average Bonchev–Trinajstić information content (AvgIpc) is 2.36. The molecule has 1 rings (SSSR count). The monoisotopic (exact) mass is 328 g/mol. The topological polar surface area (TPSA) is 78.4 Å².